The van der Waals surface area contributed by atoms with Gasteiger partial charge >= 0.3 is 0 Å². The van der Waals surface area contributed by atoms with Crippen molar-refractivity contribution in [2.75, 3.05) is 0 Å². The van der Waals surface area contributed by atoms with Crippen LogP contribution >= 0.6 is 0 Å². The van der Waals surface area contributed by atoms with Crippen molar-refractivity contribution in [1.82, 2.24) is 0 Å². The van der Waals surface area contributed by atoms with E-state index in [1.54, 1.807) is 12.1 Å². The Labute approximate surface area is 108 Å². The molecule has 2 atom stereocenters. The van der Waals surface area contributed by atoms with Crippen molar-refractivity contribution in [3.05, 3.63) is 23.3 Å². The average molecular weight is 250 g/mol. The lowest BCUT2D eigenvalue weighted by Gasteiger charge is -2.45. The van der Waals surface area contributed by atoms with Gasteiger partial charge in [0.1, 0.15) is 17.1 Å². The van der Waals surface area contributed by atoms with E-state index in [0.717, 1.165) is 5.56 Å². The second-order valence-corrected chi connectivity index (χ2v) is 6.04. The first-order valence-corrected chi connectivity index (χ1v) is 6.45. The number of phenolic OH excluding ortho intramolecular Hbond substituents is 1. The summed E-state index contributed by atoms with van der Waals surface area (Å²) >= 11 is 0. The lowest BCUT2D eigenvalue weighted by Crippen LogP contribution is -2.47. The maximum absolute atomic E-state index is 10.6. The van der Waals surface area contributed by atoms with Crippen molar-refractivity contribution >= 4 is 0 Å². The van der Waals surface area contributed by atoms with E-state index in [4.69, 9.17) is 4.74 Å². The molecule has 0 saturated heterocycles. The molecule has 0 aliphatic carbocycles. The van der Waals surface area contributed by atoms with E-state index in [9.17, 15) is 10.2 Å². The molecular weight excluding hydrogens is 228 g/mol. The molecule has 1 heterocycles. The van der Waals surface area contributed by atoms with E-state index in [0.29, 0.717) is 17.2 Å². The van der Waals surface area contributed by atoms with Crippen LogP contribution in [-0.2, 0) is 0 Å². The lowest BCUT2D eigenvalue weighted by molar-refractivity contribution is -0.0746. The number of rotatable bonds is 1. The molecule has 0 saturated carbocycles. The highest BCUT2D eigenvalue weighted by Crippen LogP contribution is 2.49. The van der Waals surface area contributed by atoms with Crippen LogP contribution in [0.15, 0.2) is 12.1 Å². The van der Waals surface area contributed by atoms with Crippen LogP contribution in [-0.4, -0.2) is 15.8 Å². The smallest absolute Gasteiger partial charge is 0.126 e. The summed E-state index contributed by atoms with van der Waals surface area (Å²) in [5, 5.41) is 20.4. The number of aliphatic hydroxyl groups excluding tert-OH is 1. The molecule has 0 amide bonds. The first kappa shape index (κ1) is 13.2. The first-order chi connectivity index (χ1) is 8.25. The fraction of sp³-hybridized carbons (Fsp3) is 0.600. The summed E-state index contributed by atoms with van der Waals surface area (Å²) in [5.41, 5.74) is 1.03. The SMILES string of the molecule is Cc1c(O)ccc2c1C(O)C(C(C)C)C(C)(C)O2. The molecule has 1 aromatic rings. The molecule has 2 rings (SSSR count). The normalized spacial score (nSPS) is 25.7. The number of ether oxygens (including phenoxy) is 1. The summed E-state index contributed by atoms with van der Waals surface area (Å²) in [7, 11) is 0. The van der Waals surface area contributed by atoms with Crippen molar-refractivity contribution in [1.29, 1.82) is 0 Å². The van der Waals surface area contributed by atoms with E-state index in [1.165, 1.54) is 0 Å². The minimum Gasteiger partial charge on any atom is -0.508 e. The Hall–Kier alpha value is -1.22. The molecule has 18 heavy (non-hydrogen) atoms. The Balaban J connectivity index is 2.59. The molecule has 1 aliphatic heterocycles. The molecule has 3 nitrogen and oxygen atoms in total. The minimum atomic E-state index is -0.601. The van der Waals surface area contributed by atoms with Crippen molar-refractivity contribution in [2.24, 2.45) is 11.8 Å². The van der Waals surface area contributed by atoms with E-state index in [2.05, 4.69) is 13.8 Å². The highest BCUT2D eigenvalue weighted by Gasteiger charge is 2.45. The standard InChI is InChI=1S/C15H22O3/c1-8(2)13-14(17)12-9(3)10(16)6-7-11(12)18-15(13,4)5/h6-8,13-14,16-17H,1-5H3. The van der Waals surface area contributed by atoms with Gasteiger partial charge in [-0.15, -0.1) is 0 Å². The van der Waals surface area contributed by atoms with Gasteiger partial charge in [0.2, 0.25) is 0 Å². The van der Waals surface area contributed by atoms with Gasteiger partial charge in [-0.05, 0) is 38.8 Å². The van der Waals surface area contributed by atoms with Gasteiger partial charge in [-0.2, -0.15) is 0 Å². The number of hydrogen-bond acceptors (Lipinski definition) is 3. The Kier molecular flexibility index (Phi) is 3.06. The summed E-state index contributed by atoms with van der Waals surface area (Å²) < 4.78 is 6.03. The quantitative estimate of drug-likeness (QED) is 0.804. The minimum absolute atomic E-state index is 0.00509. The zero-order valence-electron chi connectivity index (χ0n) is 11.7. The Bertz CT molecular complexity index is 463. The predicted octanol–water partition coefficient (Wildman–Crippen LogP) is 3.18. The summed E-state index contributed by atoms with van der Waals surface area (Å²) in [6.45, 7) is 10.00. The topological polar surface area (TPSA) is 49.7 Å². The summed E-state index contributed by atoms with van der Waals surface area (Å²) in [6, 6.07) is 3.35. The number of fused-ring (bicyclic) bond motifs is 1. The molecule has 0 bridgehead atoms. The number of hydrogen-bond donors (Lipinski definition) is 2. The van der Waals surface area contributed by atoms with Gasteiger partial charge in [-0.3, -0.25) is 0 Å². The highest BCUT2D eigenvalue weighted by molar-refractivity contribution is 5.50. The zero-order valence-corrected chi connectivity index (χ0v) is 11.7. The van der Waals surface area contributed by atoms with E-state index >= 15 is 0 Å². The van der Waals surface area contributed by atoms with Gasteiger partial charge in [0, 0.05) is 17.0 Å². The molecule has 1 aromatic carbocycles. The number of benzene rings is 1. The second-order valence-electron chi connectivity index (χ2n) is 6.04. The Morgan fingerprint density at radius 1 is 1.28 bits per heavy atom. The Morgan fingerprint density at radius 2 is 1.89 bits per heavy atom. The van der Waals surface area contributed by atoms with Crippen LogP contribution in [0.1, 0.15) is 44.9 Å². The third kappa shape index (κ3) is 1.87. The summed E-state index contributed by atoms with van der Waals surface area (Å²) in [5.74, 6) is 1.19. The lowest BCUT2D eigenvalue weighted by atomic mass is 9.73. The maximum atomic E-state index is 10.6. The molecule has 2 unspecified atom stereocenters. The van der Waals surface area contributed by atoms with E-state index < -0.39 is 11.7 Å². The molecule has 2 N–H and O–H groups in total. The third-order valence-corrected chi connectivity index (χ3v) is 3.98. The molecular formula is C15H22O3. The zero-order chi connectivity index (χ0) is 13.7. The van der Waals surface area contributed by atoms with Gasteiger partial charge in [0.15, 0.2) is 0 Å². The molecule has 1 aliphatic rings. The molecule has 3 heteroatoms. The van der Waals surface area contributed by atoms with Gasteiger partial charge in [0.05, 0.1) is 6.10 Å². The average Bonchev–Trinajstić information content (AvgIpc) is 2.21. The van der Waals surface area contributed by atoms with Gasteiger partial charge in [0.25, 0.3) is 0 Å². The van der Waals surface area contributed by atoms with E-state index in [1.807, 2.05) is 20.8 Å². The number of aromatic hydroxyl groups is 1. The van der Waals surface area contributed by atoms with Crippen molar-refractivity contribution in [3.8, 4) is 11.5 Å². The van der Waals surface area contributed by atoms with Crippen LogP contribution in [0.3, 0.4) is 0 Å². The first-order valence-electron chi connectivity index (χ1n) is 6.45. The van der Waals surface area contributed by atoms with Crippen molar-refractivity contribution in [3.63, 3.8) is 0 Å². The van der Waals surface area contributed by atoms with E-state index in [-0.39, 0.29) is 11.7 Å². The predicted molar refractivity (Wildman–Crippen MR) is 70.8 cm³/mol. The largest absolute Gasteiger partial charge is 0.508 e. The van der Waals surface area contributed by atoms with Gasteiger partial charge < -0.3 is 14.9 Å². The van der Waals surface area contributed by atoms with Crippen LogP contribution in [0.2, 0.25) is 0 Å². The maximum Gasteiger partial charge on any atom is 0.126 e. The van der Waals surface area contributed by atoms with Crippen LogP contribution in [0.5, 0.6) is 11.5 Å². The second kappa shape index (κ2) is 4.16. The number of phenols is 1. The molecule has 100 valence electrons. The molecule has 0 aromatic heterocycles. The third-order valence-electron chi connectivity index (χ3n) is 3.98. The fourth-order valence-corrected chi connectivity index (χ4v) is 3.23. The van der Waals surface area contributed by atoms with Gasteiger partial charge in [-0.1, -0.05) is 13.8 Å². The summed E-state index contributed by atoms with van der Waals surface area (Å²) in [6.07, 6.45) is -0.601. The van der Waals surface area contributed by atoms with Crippen LogP contribution in [0.4, 0.5) is 0 Å². The van der Waals surface area contributed by atoms with Crippen LogP contribution in [0.25, 0.3) is 0 Å². The Morgan fingerprint density at radius 3 is 2.44 bits per heavy atom. The number of aliphatic hydroxyl groups is 1. The highest BCUT2D eigenvalue weighted by atomic mass is 16.5. The summed E-state index contributed by atoms with van der Waals surface area (Å²) in [4.78, 5) is 0. The molecule has 0 fully saturated rings. The van der Waals surface area contributed by atoms with Crippen molar-refractivity contribution < 1.29 is 14.9 Å². The van der Waals surface area contributed by atoms with Crippen molar-refractivity contribution in [2.45, 2.75) is 46.3 Å². The monoisotopic (exact) mass is 250 g/mol. The molecule has 0 spiro atoms. The van der Waals surface area contributed by atoms with Gasteiger partial charge in [-0.25, -0.2) is 0 Å². The fourth-order valence-electron chi connectivity index (χ4n) is 3.23. The molecule has 0 radical (unpaired) electrons. The van der Waals surface area contributed by atoms with Crippen LogP contribution < -0.4 is 4.74 Å². The van der Waals surface area contributed by atoms with Crippen LogP contribution in [0, 0.1) is 18.8 Å².